The molecule has 3 aromatic heterocycles. The highest BCUT2D eigenvalue weighted by molar-refractivity contribution is 5.74. The lowest BCUT2D eigenvalue weighted by molar-refractivity contribution is 0.122. The molecule has 0 spiro atoms. The van der Waals surface area contributed by atoms with E-state index in [1.807, 2.05) is 7.05 Å². The number of fused-ring (bicyclic) bond motifs is 1. The van der Waals surface area contributed by atoms with Gasteiger partial charge in [0.15, 0.2) is 11.5 Å². The van der Waals surface area contributed by atoms with E-state index in [1.165, 1.54) is 17.6 Å². The van der Waals surface area contributed by atoms with Crippen molar-refractivity contribution in [1.29, 1.82) is 0 Å². The summed E-state index contributed by atoms with van der Waals surface area (Å²) < 4.78 is 7.26. The monoisotopic (exact) mass is 405 g/mol. The van der Waals surface area contributed by atoms with Crippen LogP contribution in [0.5, 0.6) is 0 Å². The van der Waals surface area contributed by atoms with Crippen molar-refractivity contribution in [2.75, 3.05) is 43.6 Å². The predicted octanol–water partition coefficient (Wildman–Crippen LogP) is 1.81. The number of H-pyrrole nitrogens is 1. The van der Waals surface area contributed by atoms with E-state index >= 15 is 0 Å². The zero-order valence-electron chi connectivity index (χ0n) is 16.7. The minimum atomic E-state index is 0.647. The summed E-state index contributed by atoms with van der Waals surface area (Å²) in [5.74, 6) is 0.647. The Morgan fingerprint density at radius 2 is 2.07 bits per heavy atom. The summed E-state index contributed by atoms with van der Waals surface area (Å²) in [5.41, 5.74) is 5.77. The number of hydrogen-bond acceptors (Lipinski definition) is 8. The second kappa shape index (κ2) is 8.09. The zero-order chi connectivity index (χ0) is 20.3. The van der Waals surface area contributed by atoms with E-state index in [4.69, 9.17) is 4.74 Å². The van der Waals surface area contributed by atoms with Gasteiger partial charge in [-0.1, -0.05) is 0 Å². The van der Waals surface area contributed by atoms with Crippen molar-refractivity contribution < 1.29 is 4.74 Å². The lowest BCUT2D eigenvalue weighted by Crippen LogP contribution is -2.37. The van der Waals surface area contributed by atoms with Crippen molar-refractivity contribution in [3.05, 3.63) is 48.7 Å². The molecule has 154 valence electrons. The first-order valence-corrected chi connectivity index (χ1v) is 9.88. The van der Waals surface area contributed by atoms with Crippen LogP contribution in [0.3, 0.4) is 0 Å². The van der Waals surface area contributed by atoms with E-state index in [9.17, 15) is 0 Å². The highest BCUT2D eigenvalue weighted by atomic mass is 16.5. The first kappa shape index (κ1) is 18.5. The summed E-state index contributed by atoms with van der Waals surface area (Å²) in [6.07, 6.45) is 6.84. The zero-order valence-corrected chi connectivity index (χ0v) is 16.7. The fraction of sp³-hybridized carbons (Fsp3) is 0.300. The van der Waals surface area contributed by atoms with Crippen LogP contribution in [-0.2, 0) is 11.3 Å². The number of ether oxygens (including phenoxy) is 1. The molecule has 1 aliphatic heterocycles. The molecule has 4 aromatic rings. The third kappa shape index (κ3) is 3.46. The molecular weight excluding hydrogens is 382 g/mol. The molecule has 0 aliphatic carbocycles. The molecule has 0 radical (unpaired) electrons. The molecule has 0 atom stereocenters. The van der Waals surface area contributed by atoms with Gasteiger partial charge in [-0.3, -0.25) is 5.10 Å². The average Bonchev–Trinajstić information content (AvgIpc) is 3.48. The Hall–Kier alpha value is -3.50. The Balaban J connectivity index is 1.47. The maximum Gasteiger partial charge on any atom is 0.199 e. The number of morpholine rings is 1. The van der Waals surface area contributed by atoms with Crippen LogP contribution in [0.2, 0.25) is 0 Å². The second-order valence-corrected chi connectivity index (χ2v) is 7.07. The highest BCUT2D eigenvalue weighted by Crippen LogP contribution is 2.28. The SMILES string of the molecule is CNCc1cc(Nc2ncc(-c3cn[nH]c3)n3ncnc23)ccc1N1CCOCC1. The van der Waals surface area contributed by atoms with Gasteiger partial charge in [0, 0.05) is 42.8 Å². The summed E-state index contributed by atoms with van der Waals surface area (Å²) in [5, 5.41) is 17.9. The van der Waals surface area contributed by atoms with E-state index < -0.39 is 0 Å². The summed E-state index contributed by atoms with van der Waals surface area (Å²) in [6.45, 7) is 4.10. The molecular formula is C20H23N9O. The molecule has 1 aliphatic rings. The second-order valence-electron chi connectivity index (χ2n) is 7.07. The smallest absolute Gasteiger partial charge is 0.199 e. The molecule has 5 rings (SSSR count). The summed E-state index contributed by atoms with van der Waals surface area (Å²) in [7, 11) is 1.96. The molecule has 0 bridgehead atoms. The van der Waals surface area contributed by atoms with Crippen molar-refractivity contribution >= 4 is 22.8 Å². The van der Waals surface area contributed by atoms with Crippen LogP contribution in [0.25, 0.3) is 16.9 Å². The van der Waals surface area contributed by atoms with Crippen molar-refractivity contribution in [1.82, 2.24) is 35.1 Å². The van der Waals surface area contributed by atoms with Gasteiger partial charge in [0.05, 0.1) is 31.3 Å². The fourth-order valence-corrected chi connectivity index (χ4v) is 3.74. The third-order valence-electron chi connectivity index (χ3n) is 5.16. The minimum Gasteiger partial charge on any atom is -0.378 e. The van der Waals surface area contributed by atoms with Crippen LogP contribution < -0.4 is 15.5 Å². The van der Waals surface area contributed by atoms with Crippen molar-refractivity contribution in [2.45, 2.75) is 6.54 Å². The maximum atomic E-state index is 5.49. The quantitative estimate of drug-likeness (QED) is 0.446. The lowest BCUT2D eigenvalue weighted by atomic mass is 10.1. The van der Waals surface area contributed by atoms with Gasteiger partial charge in [0.2, 0.25) is 0 Å². The standard InChI is InChI=1S/C20H23N9O/c1-21-9-14-8-16(2-3-17(14)28-4-6-30-7-5-28)27-19-20-23-13-26-29(20)18(12-22-19)15-10-24-25-11-15/h2-3,8,10-13,21H,4-7,9H2,1H3,(H,22,27)(H,24,25). The first-order valence-electron chi connectivity index (χ1n) is 9.88. The molecule has 1 saturated heterocycles. The molecule has 0 unspecified atom stereocenters. The van der Waals surface area contributed by atoms with Gasteiger partial charge in [0.25, 0.3) is 0 Å². The van der Waals surface area contributed by atoms with E-state index in [0.29, 0.717) is 11.5 Å². The van der Waals surface area contributed by atoms with E-state index in [-0.39, 0.29) is 0 Å². The van der Waals surface area contributed by atoms with E-state index in [0.717, 1.165) is 49.8 Å². The fourth-order valence-electron chi connectivity index (χ4n) is 3.74. The number of anilines is 3. The molecule has 30 heavy (non-hydrogen) atoms. The van der Waals surface area contributed by atoms with Crippen molar-refractivity contribution in [3.63, 3.8) is 0 Å². The number of hydrogen-bond donors (Lipinski definition) is 3. The Morgan fingerprint density at radius 1 is 1.17 bits per heavy atom. The summed E-state index contributed by atoms with van der Waals surface area (Å²) in [6, 6.07) is 6.38. The number of nitrogens with one attached hydrogen (secondary N) is 3. The van der Waals surface area contributed by atoms with Gasteiger partial charge in [-0.15, -0.1) is 0 Å². The molecule has 1 fully saturated rings. The first-order chi connectivity index (χ1) is 14.8. The van der Waals surface area contributed by atoms with Crippen LogP contribution in [0, 0.1) is 0 Å². The number of benzene rings is 1. The lowest BCUT2D eigenvalue weighted by Gasteiger charge is -2.31. The number of nitrogens with zero attached hydrogens (tertiary/aromatic N) is 6. The van der Waals surface area contributed by atoms with E-state index in [2.05, 4.69) is 59.0 Å². The highest BCUT2D eigenvalue weighted by Gasteiger charge is 2.16. The Kier molecular flexibility index (Phi) is 4.99. The van der Waals surface area contributed by atoms with Crippen LogP contribution in [0.15, 0.2) is 43.1 Å². The molecule has 0 saturated carbocycles. The molecule has 4 heterocycles. The van der Waals surface area contributed by atoms with E-state index in [1.54, 1.807) is 23.1 Å². The van der Waals surface area contributed by atoms with Gasteiger partial charge in [0.1, 0.15) is 6.33 Å². The molecule has 1 aromatic carbocycles. The Bertz CT molecular complexity index is 1130. The average molecular weight is 405 g/mol. The van der Waals surface area contributed by atoms with Crippen LogP contribution >= 0.6 is 0 Å². The number of aromatic amines is 1. The van der Waals surface area contributed by atoms with Gasteiger partial charge in [-0.05, 0) is 30.8 Å². The molecule has 3 N–H and O–H groups in total. The molecule has 0 amide bonds. The molecule has 10 nitrogen and oxygen atoms in total. The minimum absolute atomic E-state index is 0.647. The van der Waals surface area contributed by atoms with Gasteiger partial charge in [-0.2, -0.15) is 10.2 Å². The largest absolute Gasteiger partial charge is 0.378 e. The Labute approximate surface area is 173 Å². The maximum absolute atomic E-state index is 5.49. The topological polar surface area (TPSA) is 108 Å². The van der Waals surface area contributed by atoms with Crippen molar-refractivity contribution in [3.8, 4) is 11.3 Å². The van der Waals surface area contributed by atoms with Crippen LogP contribution in [0.4, 0.5) is 17.2 Å². The van der Waals surface area contributed by atoms with Gasteiger partial charge >= 0.3 is 0 Å². The Morgan fingerprint density at radius 3 is 2.87 bits per heavy atom. The summed E-state index contributed by atoms with van der Waals surface area (Å²) in [4.78, 5) is 11.4. The third-order valence-corrected chi connectivity index (χ3v) is 5.16. The van der Waals surface area contributed by atoms with Crippen LogP contribution in [0.1, 0.15) is 5.56 Å². The van der Waals surface area contributed by atoms with Crippen LogP contribution in [-0.4, -0.2) is 63.1 Å². The van der Waals surface area contributed by atoms with Crippen molar-refractivity contribution in [2.24, 2.45) is 0 Å². The van der Waals surface area contributed by atoms with Gasteiger partial charge in [-0.25, -0.2) is 14.5 Å². The number of aromatic nitrogens is 6. The summed E-state index contributed by atoms with van der Waals surface area (Å²) >= 11 is 0. The number of rotatable bonds is 6. The molecule has 10 heteroatoms. The predicted molar refractivity (Wildman–Crippen MR) is 114 cm³/mol. The van der Waals surface area contributed by atoms with Gasteiger partial charge < -0.3 is 20.3 Å². The normalized spacial score (nSPS) is 14.4.